The van der Waals surface area contributed by atoms with Crippen LogP contribution in [0, 0.1) is 17.8 Å². The van der Waals surface area contributed by atoms with E-state index >= 15 is 0 Å². The first kappa shape index (κ1) is 18.3. The summed E-state index contributed by atoms with van der Waals surface area (Å²) in [7, 11) is 0. The van der Waals surface area contributed by atoms with E-state index in [0.29, 0.717) is 17.5 Å². The van der Waals surface area contributed by atoms with Gasteiger partial charge in [-0.25, -0.2) is 0 Å². The molecule has 6 heteroatoms. The fourth-order valence-electron chi connectivity index (χ4n) is 4.94. The Labute approximate surface area is 163 Å². The second-order valence-corrected chi connectivity index (χ2v) is 7.86. The van der Waals surface area contributed by atoms with E-state index in [2.05, 4.69) is 22.4 Å². The summed E-state index contributed by atoms with van der Waals surface area (Å²) < 4.78 is 0. The number of primary amides is 1. The lowest BCUT2D eigenvalue weighted by Gasteiger charge is -2.36. The molecular formula is C22H23N3O3. The van der Waals surface area contributed by atoms with Crippen LogP contribution >= 0.6 is 0 Å². The van der Waals surface area contributed by atoms with Gasteiger partial charge in [-0.3, -0.25) is 19.4 Å². The van der Waals surface area contributed by atoms with Crippen LogP contribution in [0.3, 0.4) is 0 Å². The third-order valence-corrected chi connectivity index (χ3v) is 6.14. The molecule has 2 aromatic rings. The van der Waals surface area contributed by atoms with E-state index < -0.39 is 17.6 Å². The number of benzene rings is 1. The molecular weight excluding hydrogens is 354 g/mol. The van der Waals surface area contributed by atoms with Crippen LogP contribution in [-0.2, 0) is 9.59 Å². The Morgan fingerprint density at radius 3 is 2.57 bits per heavy atom. The molecule has 0 radical (unpaired) electrons. The van der Waals surface area contributed by atoms with E-state index in [1.54, 1.807) is 0 Å². The average Bonchev–Trinajstić information content (AvgIpc) is 3.09. The molecule has 2 saturated carbocycles. The van der Waals surface area contributed by atoms with Gasteiger partial charge in [0, 0.05) is 12.1 Å². The van der Waals surface area contributed by atoms with Gasteiger partial charge in [0.2, 0.25) is 11.7 Å². The number of fused-ring (bicyclic) bond motifs is 2. The molecule has 2 amide bonds. The van der Waals surface area contributed by atoms with Gasteiger partial charge in [-0.2, -0.15) is 0 Å². The summed E-state index contributed by atoms with van der Waals surface area (Å²) in [5.41, 5.74) is 6.87. The van der Waals surface area contributed by atoms with E-state index in [-0.39, 0.29) is 17.4 Å². The smallest absolute Gasteiger partial charge is 0.292 e. The van der Waals surface area contributed by atoms with Gasteiger partial charge in [0.05, 0.1) is 17.4 Å². The average molecular weight is 377 g/mol. The third kappa shape index (κ3) is 3.54. The number of hydrogen-bond donors (Lipinski definition) is 2. The molecule has 2 bridgehead atoms. The highest BCUT2D eigenvalue weighted by molar-refractivity contribution is 6.41. The van der Waals surface area contributed by atoms with Gasteiger partial charge in [-0.05, 0) is 48.6 Å². The van der Waals surface area contributed by atoms with Gasteiger partial charge in [0.15, 0.2) is 0 Å². The zero-order chi connectivity index (χ0) is 19.7. The van der Waals surface area contributed by atoms with E-state index in [9.17, 15) is 14.4 Å². The van der Waals surface area contributed by atoms with Crippen molar-refractivity contribution in [1.82, 2.24) is 4.98 Å². The van der Waals surface area contributed by atoms with Gasteiger partial charge in [-0.1, -0.05) is 36.8 Å². The van der Waals surface area contributed by atoms with Crippen molar-refractivity contribution in [3.63, 3.8) is 0 Å². The molecule has 2 aliphatic carbocycles. The quantitative estimate of drug-likeness (QED) is 0.782. The first-order valence-electron chi connectivity index (χ1n) is 9.68. The number of ketones is 1. The molecule has 0 saturated heterocycles. The topological polar surface area (TPSA) is 102 Å². The second kappa shape index (κ2) is 7.54. The molecule has 28 heavy (non-hydrogen) atoms. The summed E-state index contributed by atoms with van der Waals surface area (Å²) in [6.07, 6.45) is 6.85. The van der Waals surface area contributed by atoms with Crippen molar-refractivity contribution in [2.24, 2.45) is 23.5 Å². The number of nitrogens with two attached hydrogens (primary N) is 1. The molecule has 0 spiro atoms. The fourth-order valence-corrected chi connectivity index (χ4v) is 4.94. The van der Waals surface area contributed by atoms with Crippen molar-refractivity contribution in [2.45, 2.75) is 31.6 Å². The van der Waals surface area contributed by atoms with Gasteiger partial charge in [0.1, 0.15) is 0 Å². The maximum absolute atomic E-state index is 13.1. The summed E-state index contributed by atoms with van der Waals surface area (Å²) in [6, 6.07) is 11.5. The van der Waals surface area contributed by atoms with E-state index in [1.807, 2.05) is 18.2 Å². The van der Waals surface area contributed by atoms with Gasteiger partial charge in [0.25, 0.3) is 5.91 Å². The lowest BCUT2D eigenvalue weighted by atomic mass is 9.67. The number of aromatic nitrogens is 1. The Balaban J connectivity index is 1.56. The standard InChI is InChI=1S/C22H23N3O3/c23-21(27)16-10-17(12-24-11-16)25-22(28)20(26)18-9-13-6-7-15(8-13)19(18)14-4-2-1-3-5-14/h1-5,10-13,15,18-19H,6-9H2,(H2,23,27)(H,25,28)/t13-,15+,18?,19+/m1/s1. The summed E-state index contributed by atoms with van der Waals surface area (Å²) in [6.45, 7) is 0. The molecule has 1 aromatic carbocycles. The minimum Gasteiger partial charge on any atom is -0.366 e. The number of rotatable bonds is 5. The first-order chi connectivity index (χ1) is 13.5. The summed E-state index contributed by atoms with van der Waals surface area (Å²) in [5.74, 6) is -0.961. The van der Waals surface area contributed by atoms with Crippen molar-refractivity contribution < 1.29 is 14.4 Å². The second-order valence-electron chi connectivity index (χ2n) is 7.86. The van der Waals surface area contributed by atoms with Crippen molar-refractivity contribution in [3.05, 3.63) is 59.9 Å². The highest BCUT2D eigenvalue weighted by Gasteiger charge is 2.46. The highest BCUT2D eigenvalue weighted by atomic mass is 16.2. The number of anilines is 1. The van der Waals surface area contributed by atoms with Crippen molar-refractivity contribution in [2.75, 3.05) is 5.32 Å². The Morgan fingerprint density at radius 1 is 1.04 bits per heavy atom. The number of carbonyl (C=O) groups excluding carboxylic acids is 3. The monoisotopic (exact) mass is 377 g/mol. The number of Topliss-reactive ketones (excluding diaryl/α,β-unsaturated/α-hetero) is 1. The molecule has 1 aromatic heterocycles. The molecule has 144 valence electrons. The molecule has 2 aliphatic rings. The Hall–Kier alpha value is -3.02. The van der Waals surface area contributed by atoms with Gasteiger partial charge in [-0.15, -0.1) is 0 Å². The van der Waals surface area contributed by atoms with E-state index in [4.69, 9.17) is 5.73 Å². The first-order valence-corrected chi connectivity index (χ1v) is 9.68. The lowest BCUT2D eigenvalue weighted by molar-refractivity contribution is -0.138. The van der Waals surface area contributed by atoms with Crippen LogP contribution in [-0.4, -0.2) is 22.6 Å². The molecule has 6 nitrogen and oxygen atoms in total. The van der Waals surface area contributed by atoms with Crippen LogP contribution in [0.1, 0.15) is 47.5 Å². The molecule has 2 fully saturated rings. The number of nitrogens with zero attached hydrogens (tertiary/aromatic N) is 1. The number of carbonyl (C=O) groups is 3. The van der Waals surface area contributed by atoms with Gasteiger partial charge >= 0.3 is 0 Å². The predicted molar refractivity (Wildman–Crippen MR) is 105 cm³/mol. The maximum atomic E-state index is 13.1. The molecule has 0 aliphatic heterocycles. The maximum Gasteiger partial charge on any atom is 0.292 e. The zero-order valence-electron chi connectivity index (χ0n) is 15.5. The molecule has 4 rings (SSSR count). The minimum absolute atomic E-state index is 0.0771. The van der Waals surface area contributed by atoms with Crippen LogP contribution in [0.2, 0.25) is 0 Å². The van der Waals surface area contributed by atoms with Crippen molar-refractivity contribution in [1.29, 1.82) is 0 Å². The minimum atomic E-state index is -0.657. The van der Waals surface area contributed by atoms with Crippen LogP contribution in [0.4, 0.5) is 5.69 Å². The summed E-state index contributed by atoms with van der Waals surface area (Å²) >= 11 is 0. The summed E-state index contributed by atoms with van der Waals surface area (Å²) in [5, 5.41) is 2.60. The van der Waals surface area contributed by atoms with Crippen molar-refractivity contribution >= 4 is 23.3 Å². The highest BCUT2D eigenvalue weighted by Crippen LogP contribution is 2.52. The molecule has 4 atom stereocenters. The Kier molecular flexibility index (Phi) is 4.94. The SMILES string of the molecule is NC(=O)c1cncc(NC(=O)C(=O)C2C[C@@H]3CC[C@@H](C3)[C@@H]2c2ccccc2)c1. The summed E-state index contributed by atoms with van der Waals surface area (Å²) in [4.78, 5) is 41.0. The predicted octanol–water partition coefficient (Wildman–Crippen LogP) is 2.91. The van der Waals surface area contributed by atoms with Crippen LogP contribution in [0.15, 0.2) is 48.8 Å². The van der Waals surface area contributed by atoms with Crippen LogP contribution in [0.25, 0.3) is 0 Å². The zero-order valence-corrected chi connectivity index (χ0v) is 15.5. The third-order valence-electron chi connectivity index (χ3n) is 6.14. The van der Waals surface area contributed by atoms with E-state index in [1.165, 1.54) is 18.5 Å². The lowest BCUT2D eigenvalue weighted by Crippen LogP contribution is -2.38. The molecule has 1 heterocycles. The fraction of sp³-hybridized carbons (Fsp3) is 0.364. The van der Waals surface area contributed by atoms with Crippen LogP contribution in [0.5, 0.6) is 0 Å². The Bertz CT molecular complexity index is 912. The number of nitrogens with one attached hydrogen (secondary N) is 1. The van der Waals surface area contributed by atoms with Crippen molar-refractivity contribution in [3.8, 4) is 0 Å². The molecule has 1 unspecified atom stereocenters. The number of amides is 2. The number of pyridine rings is 1. The van der Waals surface area contributed by atoms with Crippen LogP contribution < -0.4 is 11.1 Å². The van der Waals surface area contributed by atoms with E-state index in [0.717, 1.165) is 31.2 Å². The molecule has 3 N–H and O–H groups in total. The number of hydrogen-bond acceptors (Lipinski definition) is 4. The Morgan fingerprint density at radius 2 is 1.82 bits per heavy atom. The normalized spacial score (nSPS) is 25.9. The van der Waals surface area contributed by atoms with Gasteiger partial charge < -0.3 is 11.1 Å². The largest absolute Gasteiger partial charge is 0.366 e.